The Balaban J connectivity index is 0. The van der Waals surface area contributed by atoms with Crippen LogP contribution in [0.2, 0.25) is 0 Å². The summed E-state index contributed by atoms with van der Waals surface area (Å²) in [5.74, 6) is -1.48. The van der Waals surface area contributed by atoms with Gasteiger partial charge in [0.2, 0.25) is 0 Å². The van der Waals surface area contributed by atoms with E-state index in [9.17, 15) is 9.59 Å². The lowest BCUT2D eigenvalue weighted by molar-refractivity contribution is -0.141. The third-order valence-corrected chi connectivity index (χ3v) is 5.16. The number of rotatable bonds is 19. The molecule has 28 heavy (non-hydrogen) atoms. The van der Waals surface area contributed by atoms with Crippen LogP contribution in [0.5, 0.6) is 0 Å². The molecule has 0 fully saturated rings. The monoisotopic (exact) mass is 400 g/mol. The van der Waals surface area contributed by atoms with E-state index in [4.69, 9.17) is 10.2 Å². The van der Waals surface area contributed by atoms with Crippen molar-refractivity contribution in [1.29, 1.82) is 0 Å². The maximum absolute atomic E-state index is 10.6. The quantitative estimate of drug-likeness (QED) is 0.216. The number of carbonyl (C=O) groups is 2. The lowest BCUT2D eigenvalue weighted by Gasteiger charge is -2.05. The zero-order valence-electron chi connectivity index (χ0n) is 19.0. The van der Waals surface area contributed by atoms with Crippen molar-refractivity contribution in [1.82, 2.24) is 0 Å². The highest BCUT2D eigenvalue weighted by Crippen LogP contribution is 2.13. The Morgan fingerprint density at radius 3 is 1.32 bits per heavy atom. The summed E-state index contributed by atoms with van der Waals surface area (Å²) >= 11 is 0. The van der Waals surface area contributed by atoms with Crippen molar-refractivity contribution < 1.29 is 19.8 Å². The van der Waals surface area contributed by atoms with E-state index in [1.165, 1.54) is 83.5 Å². The van der Waals surface area contributed by atoms with Gasteiger partial charge in [-0.25, -0.2) is 0 Å². The Kier molecular flexibility index (Phi) is 25.0. The standard InChI is InChI=1S/C14H28O2.C10H20O2/c1-3-4-5-6-7-8-9-10-11-12-13(2)14(15)16;1-2-3-4-5-6-7-8-9-10(11)12/h13H,3-12H2,1-2H3,(H,15,16);2-9H2,1H3,(H,11,12). The van der Waals surface area contributed by atoms with Crippen LogP contribution >= 0.6 is 0 Å². The van der Waals surface area contributed by atoms with Gasteiger partial charge in [0.25, 0.3) is 0 Å². The first-order chi connectivity index (χ1) is 13.5. The van der Waals surface area contributed by atoms with Gasteiger partial charge >= 0.3 is 11.9 Å². The third-order valence-electron chi connectivity index (χ3n) is 5.16. The molecule has 0 radical (unpaired) electrons. The minimum atomic E-state index is -0.663. The summed E-state index contributed by atoms with van der Waals surface area (Å²) in [4.78, 5) is 20.7. The van der Waals surface area contributed by atoms with E-state index in [0.29, 0.717) is 6.42 Å². The Morgan fingerprint density at radius 1 is 0.607 bits per heavy atom. The summed E-state index contributed by atoms with van der Waals surface area (Å²) in [5, 5.41) is 17.1. The minimum absolute atomic E-state index is 0.162. The average Bonchev–Trinajstić information content (AvgIpc) is 2.66. The number of aliphatic carboxylic acids is 2. The third kappa shape index (κ3) is 27.2. The van der Waals surface area contributed by atoms with Crippen LogP contribution in [0.3, 0.4) is 0 Å². The first-order valence-electron chi connectivity index (χ1n) is 11.9. The van der Waals surface area contributed by atoms with Gasteiger partial charge in [-0.05, 0) is 12.8 Å². The highest BCUT2D eigenvalue weighted by Gasteiger charge is 2.09. The summed E-state index contributed by atoms with van der Waals surface area (Å²) in [7, 11) is 0. The molecule has 1 unspecified atom stereocenters. The van der Waals surface area contributed by atoms with Crippen molar-refractivity contribution in [3.05, 3.63) is 0 Å². The summed E-state index contributed by atoms with van der Waals surface area (Å²) in [6.07, 6.45) is 21.1. The van der Waals surface area contributed by atoms with Gasteiger partial charge in [0.15, 0.2) is 0 Å². The van der Waals surface area contributed by atoms with Gasteiger partial charge in [0.05, 0.1) is 5.92 Å². The molecule has 0 amide bonds. The molecule has 0 heterocycles. The maximum atomic E-state index is 10.6. The fourth-order valence-corrected chi connectivity index (χ4v) is 3.12. The van der Waals surface area contributed by atoms with E-state index >= 15 is 0 Å². The number of hydrogen-bond donors (Lipinski definition) is 2. The molecule has 0 saturated heterocycles. The summed E-state index contributed by atoms with van der Waals surface area (Å²) in [6.45, 7) is 6.24. The molecule has 0 aliphatic rings. The molecule has 0 aromatic heterocycles. The van der Waals surface area contributed by atoms with Crippen LogP contribution in [0, 0.1) is 5.92 Å². The SMILES string of the molecule is CCCCCCCCCC(=O)O.CCCCCCCCCCCC(C)C(=O)O. The molecular weight excluding hydrogens is 352 g/mol. The molecule has 4 heteroatoms. The van der Waals surface area contributed by atoms with Gasteiger partial charge in [-0.2, -0.15) is 0 Å². The van der Waals surface area contributed by atoms with Crippen LogP contribution in [-0.2, 0) is 9.59 Å². The predicted molar refractivity (Wildman–Crippen MR) is 119 cm³/mol. The molecule has 0 aromatic carbocycles. The topological polar surface area (TPSA) is 74.6 Å². The number of carboxylic acids is 2. The molecule has 0 saturated carbocycles. The fourth-order valence-electron chi connectivity index (χ4n) is 3.12. The van der Waals surface area contributed by atoms with E-state index in [0.717, 1.165) is 25.7 Å². The lowest BCUT2D eigenvalue weighted by atomic mass is 10.0. The molecule has 0 bridgehead atoms. The zero-order chi connectivity index (χ0) is 21.5. The van der Waals surface area contributed by atoms with Gasteiger partial charge < -0.3 is 10.2 Å². The van der Waals surface area contributed by atoms with Gasteiger partial charge in [-0.3, -0.25) is 9.59 Å². The second-order valence-electron chi connectivity index (χ2n) is 8.12. The lowest BCUT2D eigenvalue weighted by Crippen LogP contribution is -2.08. The van der Waals surface area contributed by atoms with Gasteiger partial charge in [0, 0.05) is 6.42 Å². The molecule has 0 aliphatic carbocycles. The smallest absolute Gasteiger partial charge is 0.306 e. The molecule has 0 aromatic rings. The summed E-state index contributed by atoms with van der Waals surface area (Å²) < 4.78 is 0. The number of hydrogen-bond acceptors (Lipinski definition) is 2. The van der Waals surface area contributed by atoms with Crippen LogP contribution in [0.15, 0.2) is 0 Å². The minimum Gasteiger partial charge on any atom is -0.481 e. The van der Waals surface area contributed by atoms with Gasteiger partial charge in [0.1, 0.15) is 0 Å². The molecular formula is C24H48O4. The maximum Gasteiger partial charge on any atom is 0.306 e. The molecule has 2 N–H and O–H groups in total. The Bertz CT molecular complexity index is 341. The van der Waals surface area contributed by atoms with Crippen LogP contribution in [0.4, 0.5) is 0 Å². The summed E-state index contributed by atoms with van der Waals surface area (Å²) in [6, 6.07) is 0. The Labute approximate surface area is 174 Å². The molecule has 0 aliphatic heterocycles. The van der Waals surface area contributed by atoms with E-state index < -0.39 is 11.9 Å². The first-order valence-corrected chi connectivity index (χ1v) is 11.9. The largest absolute Gasteiger partial charge is 0.481 e. The molecule has 4 nitrogen and oxygen atoms in total. The van der Waals surface area contributed by atoms with E-state index in [1.807, 2.05) is 0 Å². The molecule has 1 atom stereocenters. The second-order valence-corrected chi connectivity index (χ2v) is 8.12. The van der Waals surface area contributed by atoms with Gasteiger partial charge in [-0.15, -0.1) is 0 Å². The Morgan fingerprint density at radius 2 is 0.964 bits per heavy atom. The first kappa shape index (κ1) is 29.1. The normalized spacial score (nSPS) is 11.5. The molecule has 0 rings (SSSR count). The Hall–Kier alpha value is -1.06. The van der Waals surface area contributed by atoms with Gasteiger partial charge in [-0.1, -0.05) is 117 Å². The molecule has 168 valence electrons. The van der Waals surface area contributed by atoms with Crippen molar-refractivity contribution in [2.24, 2.45) is 5.92 Å². The fraction of sp³-hybridized carbons (Fsp3) is 0.917. The van der Waals surface area contributed by atoms with Crippen molar-refractivity contribution >= 4 is 11.9 Å². The van der Waals surface area contributed by atoms with E-state index in [2.05, 4.69) is 13.8 Å². The number of unbranched alkanes of at least 4 members (excludes halogenated alkanes) is 14. The van der Waals surface area contributed by atoms with Crippen LogP contribution in [0.1, 0.15) is 136 Å². The van der Waals surface area contributed by atoms with E-state index in [-0.39, 0.29) is 5.92 Å². The highest BCUT2D eigenvalue weighted by atomic mass is 16.4. The summed E-state index contributed by atoms with van der Waals surface area (Å²) in [5.41, 5.74) is 0. The van der Waals surface area contributed by atoms with E-state index in [1.54, 1.807) is 6.92 Å². The van der Waals surface area contributed by atoms with Crippen LogP contribution < -0.4 is 0 Å². The van der Waals surface area contributed by atoms with Crippen molar-refractivity contribution in [3.63, 3.8) is 0 Å². The zero-order valence-corrected chi connectivity index (χ0v) is 19.0. The highest BCUT2D eigenvalue weighted by molar-refractivity contribution is 5.69. The predicted octanol–water partition coefficient (Wildman–Crippen LogP) is 7.84. The van der Waals surface area contributed by atoms with Crippen molar-refractivity contribution in [2.75, 3.05) is 0 Å². The van der Waals surface area contributed by atoms with Crippen molar-refractivity contribution in [3.8, 4) is 0 Å². The van der Waals surface area contributed by atoms with Crippen LogP contribution in [0.25, 0.3) is 0 Å². The molecule has 0 spiro atoms. The van der Waals surface area contributed by atoms with Crippen LogP contribution in [-0.4, -0.2) is 22.2 Å². The van der Waals surface area contributed by atoms with Crippen molar-refractivity contribution in [2.45, 2.75) is 136 Å². The second kappa shape index (κ2) is 24.0. The average molecular weight is 401 g/mol. The number of carboxylic acid groups (broad SMARTS) is 2.